The fraction of sp³-hybridized carbons (Fsp3) is 0.312. The summed E-state index contributed by atoms with van der Waals surface area (Å²) in [7, 11) is 0. The maximum Gasteiger partial charge on any atom is 0.151 e. The SMILES string of the molecule is Oc1ccc(CNc2cccnc2N2CCCC2)cc1. The van der Waals surface area contributed by atoms with Crippen molar-refractivity contribution >= 4 is 11.5 Å². The average Bonchev–Trinajstić information content (AvgIpc) is 3.01. The van der Waals surface area contributed by atoms with E-state index in [1.807, 2.05) is 24.4 Å². The fourth-order valence-corrected chi connectivity index (χ4v) is 2.53. The third-order valence-electron chi connectivity index (χ3n) is 3.61. The molecule has 2 heterocycles. The normalized spacial score (nSPS) is 14.5. The second-order valence-corrected chi connectivity index (χ2v) is 5.09. The van der Waals surface area contributed by atoms with Gasteiger partial charge in [0.15, 0.2) is 5.82 Å². The summed E-state index contributed by atoms with van der Waals surface area (Å²) in [6.45, 7) is 2.91. The molecule has 1 aromatic heterocycles. The minimum Gasteiger partial charge on any atom is -0.508 e. The molecule has 0 spiro atoms. The van der Waals surface area contributed by atoms with Gasteiger partial charge in [-0.05, 0) is 42.7 Å². The van der Waals surface area contributed by atoms with Crippen LogP contribution in [0.4, 0.5) is 11.5 Å². The molecule has 0 radical (unpaired) electrons. The summed E-state index contributed by atoms with van der Waals surface area (Å²) in [6, 6.07) is 11.3. The lowest BCUT2D eigenvalue weighted by molar-refractivity contribution is 0.475. The van der Waals surface area contributed by atoms with Gasteiger partial charge in [0.05, 0.1) is 5.69 Å². The van der Waals surface area contributed by atoms with E-state index in [1.165, 1.54) is 12.8 Å². The standard InChI is InChI=1S/C16H19N3O/c20-14-7-5-13(6-8-14)12-18-15-4-3-9-17-16(15)19-10-1-2-11-19/h3-9,18,20H,1-2,10-12H2. The number of aromatic hydroxyl groups is 1. The fourth-order valence-electron chi connectivity index (χ4n) is 2.53. The highest BCUT2D eigenvalue weighted by Crippen LogP contribution is 2.26. The molecule has 0 saturated carbocycles. The molecule has 0 aliphatic carbocycles. The number of phenols is 1. The molecule has 20 heavy (non-hydrogen) atoms. The van der Waals surface area contributed by atoms with Gasteiger partial charge in [0.25, 0.3) is 0 Å². The Hall–Kier alpha value is -2.23. The Morgan fingerprint density at radius 1 is 1.10 bits per heavy atom. The second kappa shape index (κ2) is 5.82. The molecule has 0 atom stereocenters. The van der Waals surface area contributed by atoms with Crippen LogP contribution in [0.1, 0.15) is 18.4 Å². The van der Waals surface area contributed by atoms with E-state index in [9.17, 15) is 5.11 Å². The number of hydrogen-bond donors (Lipinski definition) is 2. The van der Waals surface area contributed by atoms with Crippen LogP contribution in [-0.2, 0) is 6.54 Å². The molecule has 104 valence electrons. The lowest BCUT2D eigenvalue weighted by atomic mass is 10.2. The Morgan fingerprint density at radius 2 is 1.85 bits per heavy atom. The van der Waals surface area contributed by atoms with Crippen molar-refractivity contribution in [2.45, 2.75) is 19.4 Å². The van der Waals surface area contributed by atoms with E-state index < -0.39 is 0 Å². The first kappa shape index (κ1) is 12.8. The van der Waals surface area contributed by atoms with Crippen molar-refractivity contribution in [3.8, 4) is 5.75 Å². The summed E-state index contributed by atoms with van der Waals surface area (Å²) >= 11 is 0. The van der Waals surface area contributed by atoms with Gasteiger partial charge in [-0.3, -0.25) is 0 Å². The van der Waals surface area contributed by atoms with E-state index in [2.05, 4.69) is 21.3 Å². The molecule has 1 aliphatic rings. The van der Waals surface area contributed by atoms with Crippen molar-refractivity contribution in [1.82, 2.24) is 4.98 Å². The first-order chi connectivity index (χ1) is 9.83. The zero-order valence-corrected chi connectivity index (χ0v) is 11.4. The largest absolute Gasteiger partial charge is 0.508 e. The van der Waals surface area contributed by atoms with Crippen LogP contribution in [0.5, 0.6) is 5.75 Å². The second-order valence-electron chi connectivity index (χ2n) is 5.09. The summed E-state index contributed by atoms with van der Waals surface area (Å²) < 4.78 is 0. The lowest BCUT2D eigenvalue weighted by Gasteiger charge is -2.20. The molecule has 1 aliphatic heterocycles. The average molecular weight is 269 g/mol. The number of aromatic nitrogens is 1. The van der Waals surface area contributed by atoms with Crippen LogP contribution in [0.15, 0.2) is 42.6 Å². The number of rotatable bonds is 4. The minimum absolute atomic E-state index is 0.299. The van der Waals surface area contributed by atoms with Crippen LogP contribution < -0.4 is 10.2 Å². The summed E-state index contributed by atoms with van der Waals surface area (Å²) in [5.41, 5.74) is 2.21. The topological polar surface area (TPSA) is 48.4 Å². The number of anilines is 2. The Balaban J connectivity index is 1.72. The van der Waals surface area contributed by atoms with Crippen LogP contribution >= 0.6 is 0 Å². The zero-order valence-electron chi connectivity index (χ0n) is 11.4. The number of benzene rings is 1. The Bertz CT molecular complexity index is 562. The molecular weight excluding hydrogens is 250 g/mol. The van der Waals surface area contributed by atoms with Gasteiger partial charge in [0.2, 0.25) is 0 Å². The van der Waals surface area contributed by atoms with Crippen molar-refractivity contribution in [3.63, 3.8) is 0 Å². The smallest absolute Gasteiger partial charge is 0.151 e. The maximum atomic E-state index is 9.29. The van der Waals surface area contributed by atoms with E-state index in [0.29, 0.717) is 5.75 Å². The van der Waals surface area contributed by atoms with Gasteiger partial charge in [0.1, 0.15) is 5.75 Å². The molecule has 4 nitrogen and oxygen atoms in total. The highest BCUT2D eigenvalue weighted by atomic mass is 16.3. The highest BCUT2D eigenvalue weighted by Gasteiger charge is 2.16. The van der Waals surface area contributed by atoms with Gasteiger partial charge in [-0.2, -0.15) is 0 Å². The first-order valence-electron chi connectivity index (χ1n) is 7.05. The summed E-state index contributed by atoms with van der Waals surface area (Å²) in [5, 5.41) is 12.7. The molecule has 1 fully saturated rings. The Kier molecular flexibility index (Phi) is 3.72. The monoisotopic (exact) mass is 269 g/mol. The van der Waals surface area contributed by atoms with Crippen molar-refractivity contribution in [2.75, 3.05) is 23.3 Å². The maximum absolute atomic E-state index is 9.29. The minimum atomic E-state index is 0.299. The highest BCUT2D eigenvalue weighted by molar-refractivity contribution is 5.65. The third-order valence-corrected chi connectivity index (χ3v) is 3.61. The Morgan fingerprint density at radius 3 is 2.60 bits per heavy atom. The Labute approximate surface area is 119 Å². The molecule has 4 heteroatoms. The lowest BCUT2D eigenvalue weighted by Crippen LogP contribution is -2.20. The summed E-state index contributed by atoms with van der Waals surface area (Å²) in [4.78, 5) is 6.84. The van der Waals surface area contributed by atoms with Crippen molar-refractivity contribution in [2.24, 2.45) is 0 Å². The number of phenolic OH excluding ortho intramolecular Hbond substituents is 1. The van der Waals surface area contributed by atoms with E-state index in [-0.39, 0.29) is 0 Å². The van der Waals surface area contributed by atoms with E-state index in [1.54, 1.807) is 12.1 Å². The van der Waals surface area contributed by atoms with Gasteiger partial charge in [-0.25, -0.2) is 4.98 Å². The molecule has 2 N–H and O–H groups in total. The van der Waals surface area contributed by atoms with Crippen LogP contribution in [0.2, 0.25) is 0 Å². The number of hydrogen-bond acceptors (Lipinski definition) is 4. The van der Waals surface area contributed by atoms with Gasteiger partial charge in [-0.1, -0.05) is 12.1 Å². The number of nitrogens with zero attached hydrogens (tertiary/aromatic N) is 2. The van der Waals surface area contributed by atoms with Crippen LogP contribution in [0, 0.1) is 0 Å². The van der Waals surface area contributed by atoms with E-state index in [4.69, 9.17) is 0 Å². The molecule has 2 aromatic rings. The molecule has 0 amide bonds. The summed E-state index contributed by atoms with van der Waals surface area (Å²) in [6.07, 6.45) is 4.33. The molecule has 0 bridgehead atoms. The quantitative estimate of drug-likeness (QED) is 0.896. The van der Waals surface area contributed by atoms with Crippen LogP contribution in [0.3, 0.4) is 0 Å². The van der Waals surface area contributed by atoms with E-state index >= 15 is 0 Å². The van der Waals surface area contributed by atoms with Gasteiger partial charge in [-0.15, -0.1) is 0 Å². The zero-order chi connectivity index (χ0) is 13.8. The third kappa shape index (κ3) is 2.85. The predicted octanol–water partition coefficient (Wildman–Crippen LogP) is 3.00. The molecule has 1 saturated heterocycles. The van der Waals surface area contributed by atoms with Gasteiger partial charge in [0, 0.05) is 25.8 Å². The number of pyridine rings is 1. The van der Waals surface area contributed by atoms with Crippen molar-refractivity contribution < 1.29 is 5.11 Å². The predicted molar refractivity (Wildman–Crippen MR) is 81.1 cm³/mol. The first-order valence-corrected chi connectivity index (χ1v) is 7.05. The van der Waals surface area contributed by atoms with Crippen molar-refractivity contribution in [3.05, 3.63) is 48.2 Å². The molecule has 0 unspecified atom stereocenters. The molecule has 3 rings (SSSR count). The van der Waals surface area contributed by atoms with Crippen LogP contribution in [-0.4, -0.2) is 23.2 Å². The van der Waals surface area contributed by atoms with Crippen molar-refractivity contribution in [1.29, 1.82) is 0 Å². The van der Waals surface area contributed by atoms with Crippen LogP contribution in [0.25, 0.3) is 0 Å². The molecule has 1 aromatic carbocycles. The van der Waals surface area contributed by atoms with E-state index in [0.717, 1.165) is 36.7 Å². The summed E-state index contributed by atoms with van der Waals surface area (Å²) in [5.74, 6) is 1.34. The van der Waals surface area contributed by atoms with Gasteiger partial charge < -0.3 is 15.3 Å². The molecular formula is C16H19N3O. The van der Waals surface area contributed by atoms with Gasteiger partial charge >= 0.3 is 0 Å². The number of nitrogens with one attached hydrogen (secondary N) is 1.